The van der Waals surface area contributed by atoms with Gasteiger partial charge in [-0.15, -0.1) is 0 Å². The first-order valence-corrected chi connectivity index (χ1v) is 5.23. The van der Waals surface area contributed by atoms with Gasteiger partial charge in [0.25, 0.3) is 0 Å². The lowest BCUT2D eigenvalue weighted by Crippen LogP contribution is -1.94. The topological polar surface area (TPSA) is 54.5 Å². The van der Waals surface area contributed by atoms with Gasteiger partial charge < -0.3 is 4.98 Å². The highest BCUT2D eigenvalue weighted by atomic mass is 35.5. The van der Waals surface area contributed by atoms with Crippen molar-refractivity contribution >= 4 is 22.8 Å². The smallest absolute Gasteiger partial charge is 0.182 e. The second-order valence-electron chi connectivity index (χ2n) is 3.62. The molecule has 0 spiro atoms. The zero-order valence-corrected chi connectivity index (χ0v) is 8.70. The third kappa shape index (κ3) is 1.41. The number of fused-ring (bicyclic) bond motifs is 1. The molecule has 76 valence electrons. The Bertz CT molecular complexity index is 523. The van der Waals surface area contributed by atoms with Crippen LogP contribution < -0.4 is 0 Å². The minimum absolute atomic E-state index is 0.435. The van der Waals surface area contributed by atoms with Crippen LogP contribution in [0.3, 0.4) is 0 Å². The van der Waals surface area contributed by atoms with Crippen molar-refractivity contribution in [1.82, 2.24) is 19.9 Å². The van der Waals surface area contributed by atoms with E-state index in [0.29, 0.717) is 16.7 Å². The van der Waals surface area contributed by atoms with E-state index in [9.17, 15) is 0 Å². The molecular formula is C10H9ClN4. The molecule has 4 nitrogen and oxygen atoms in total. The Hall–Kier alpha value is -1.42. The quantitative estimate of drug-likeness (QED) is 0.593. The number of hydrogen-bond acceptors (Lipinski definition) is 3. The number of aromatic amines is 1. The predicted molar refractivity (Wildman–Crippen MR) is 57.8 cm³/mol. The van der Waals surface area contributed by atoms with Gasteiger partial charge in [-0.1, -0.05) is 23.8 Å². The van der Waals surface area contributed by atoms with E-state index in [4.69, 9.17) is 11.6 Å². The third-order valence-electron chi connectivity index (χ3n) is 2.65. The Balaban J connectivity index is 2.10. The maximum Gasteiger partial charge on any atom is 0.182 e. The average Bonchev–Trinajstić information content (AvgIpc) is 2.86. The summed E-state index contributed by atoms with van der Waals surface area (Å²) in [6.07, 6.45) is 7.84. The van der Waals surface area contributed by atoms with Crippen LogP contribution in [0.5, 0.6) is 0 Å². The maximum absolute atomic E-state index is 5.94. The van der Waals surface area contributed by atoms with Crippen molar-refractivity contribution < 1.29 is 0 Å². The summed E-state index contributed by atoms with van der Waals surface area (Å²) in [5.41, 5.74) is 1.39. The largest absolute Gasteiger partial charge is 0.338 e. The van der Waals surface area contributed by atoms with Gasteiger partial charge in [0.2, 0.25) is 0 Å². The molecule has 1 aliphatic carbocycles. The van der Waals surface area contributed by atoms with Gasteiger partial charge in [-0.25, -0.2) is 15.0 Å². The molecule has 0 aromatic carbocycles. The van der Waals surface area contributed by atoms with Crippen LogP contribution in [0.2, 0.25) is 5.15 Å². The van der Waals surface area contributed by atoms with Gasteiger partial charge in [-0.2, -0.15) is 0 Å². The Morgan fingerprint density at radius 2 is 2.07 bits per heavy atom. The zero-order valence-electron chi connectivity index (χ0n) is 7.94. The van der Waals surface area contributed by atoms with Crippen molar-refractivity contribution in [3.05, 3.63) is 29.5 Å². The number of aromatic nitrogens is 4. The Morgan fingerprint density at radius 1 is 1.27 bits per heavy atom. The molecular weight excluding hydrogens is 212 g/mol. The SMILES string of the molecule is Clc1ncnc2nc(C3CC=CC3)[nH]c12. The minimum Gasteiger partial charge on any atom is -0.338 e. The molecule has 0 fully saturated rings. The molecule has 1 aliphatic rings. The van der Waals surface area contributed by atoms with Crippen molar-refractivity contribution in [3.63, 3.8) is 0 Å². The van der Waals surface area contributed by atoms with Gasteiger partial charge in [0.05, 0.1) is 0 Å². The van der Waals surface area contributed by atoms with E-state index >= 15 is 0 Å². The van der Waals surface area contributed by atoms with Crippen LogP contribution in [0, 0.1) is 0 Å². The van der Waals surface area contributed by atoms with Crippen molar-refractivity contribution in [3.8, 4) is 0 Å². The van der Waals surface area contributed by atoms with Gasteiger partial charge in [0.15, 0.2) is 10.8 Å². The van der Waals surface area contributed by atoms with Crippen LogP contribution in [0.15, 0.2) is 18.5 Å². The summed E-state index contributed by atoms with van der Waals surface area (Å²) in [6.45, 7) is 0. The number of nitrogens with zero attached hydrogens (tertiary/aromatic N) is 3. The van der Waals surface area contributed by atoms with Crippen LogP contribution in [-0.2, 0) is 0 Å². The monoisotopic (exact) mass is 220 g/mol. The summed E-state index contributed by atoms with van der Waals surface area (Å²) in [4.78, 5) is 15.6. The molecule has 0 saturated heterocycles. The lowest BCUT2D eigenvalue weighted by Gasteiger charge is -2.02. The van der Waals surface area contributed by atoms with Gasteiger partial charge in [-0.3, -0.25) is 0 Å². The third-order valence-corrected chi connectivity index (χ3v) is 2.94. The molecule has 2 heterocycles. The number of H-pyrrole nitrogens is 1. The molecule has 2 aromatic rings. The molecule has 5 heteroatoms. The van der Waals surface area contributed by atoms with Crippen molar-refractivity contribution in [2.24, 2.45) is 0 Å². The van der Waals surface area contributed by atoms with Crippen LogP contribution in [0.25, 0.3) is 11.2 Å². The van der Waals surface area contributed by atoms with Gasteiger partial charge >= 0.3 is 0 Å². The zero-order chi connectivity index (χ0) is 10.3. The number of rotatable bonds is 1. The van der Waals surface area contributed by atoms with Crippen molar-refractivity contribution in [1.29, 1.82) is 0 Å². The molecule has 3 rings (SSSR count). The molecule has 0 aliphatic heterocycles. The van der Waals surface area contributed by atoms with Crippen LogP contribution >= 0.6 is 11.6 Å². The summed E-state index contributed by atoms with van der Waals surface area (Å²) >= 11 is 5.94. The first kappa shape index (κ1) is 8.85. The first-order valence-electron chi connectivity index (χ1n) is 4.85. The highest BCUT2D eigenvalue weighted by Gasteiger charge is 2.18. The molecule has 2 aromatic heterocycles. The number of hydrogen-bond donors (Lipinski definition) is 1. The molecule has 0 amide bonds. The summed E-state index contributed by atoms with van der Waals surface area (Å²) in [5.74, 6) is 1.40. The van der Waals surface area contributed by atoms with Gasteiger partial charge in [-0.05, 0) is 12.8 Å². The molecule has 0 radical (unpaired) electrons. The molecule has 0 atom stereocenters. The van der Waals surface area contributed by atoms with Crippen LogP contribution in [0.1, 0.15) is 24.6 Å². The summed E-state index contributed by atoms with van der Waals surface area (Å²) < 4.78 is 0. The Morgan fingerprint density at radius 3 is 2.80 bits per heavy atom. The fourth-order valence-corrected chi connectivity index (χ4v) is 2.03. The normalized spacial score (nSPS) is 16.6. The van der Waals surface area contributed by atoms with Gasteiger partial charge in [0, 0.05) is 5.92 Å². The van der Waals surface area contributed by atoms with E-state index in [-0.39, 0.29) is 0 Å². The van der Waals surface area contributed by atoms with E-state index in [1.165, 1.54) is 6.33 Å². The second-order valence-corrected chi connectivity index (χ2v) is 3.98. The fraction of sp³-hybridized carbons (Fsp3) is 0.300. The first-order chi connectivity index (χ1) is 7.34. The number of imidazole rings is 1. The molecule has 0 saturated carbocycles. The fourth-order valence-electron chi connectivity index (χ4n) is 1.85. The molecule has 0 bridgehead atoms. The lowest BCUT2D eigenvalue weighted by atomic mass is 10.1. The Kier molecular flexibility index (Phi) is 1.95. The van der Waals surface area contributed by atoms with Crippen LogP contribution in [-0.4, -0.2) is 19.9 Å². The van der Waals surface area contributed by atoms with E-state index in [0.717, 1.165) is 24.2 Å². The molecule has 0 unspecified atom stereocenters. The van der Waals surface area contributed by atoms with Crippen molar-refractivity contribution in [2.45, 2.75) is 18.8 Å². The molecule has 1 N–H and O–H groups in total. The molecule has 15 heavy (non-hydrogen) atoms. The predicted octanol–water partition coefficient (Wildman–Crippen LogP) is 2.44. The van der Waals surface area contributed by atoms with Gasteiger partial charge in [0.1, 0.15) is 17.7 Å². The van der Waals surface area contributed by atoms with Crippen LogP contribution in [0.4, 0.5) is 0 Å². The van der Waals surface area contributed by atoms with Crippen molar-refractivity contribution in [2.75, 3.05) is 0 Å². The number of nitrogens with one attached hydrogen (secondary N) is 1. The summed E-state index contributed by atoms with van der Waals surface area (Å²) in [7, 11) is 0. The van der Waals surface area contributed by atoms with E-state index < -0.39 is 0 Å². The van der Waals surface area contributed by atoms with E-state index in [2.05, 4.69) is 32.1 Å². The number of allylic oxidation sites excluding steroid dienone is 2. The van der Waals surface area contributed by atoms with E-state index in [1.54, 1.807) is 0 Å². The average molecular weight is 221 g/mol. The number of halogens is 1. The Labute approximate surface area is 91.4 Å². The maximum atomic E-state index is 5.94. The highest BCUT2D eigenvalue weighted by Crippen LogP contribution is 2.29. The summed E-state index contributed by atoms with van der Waals surface area (Å²) in [6, 6.07) is 0. The standard InChI is InChI=1S/C10H9ClN4/c11-8-7-10(13-5-12-8)15-9(14-7)6-3-1-2-4-6/h1-2,5-6H,3-4H2,(H,12,13,14,15). The highest BCUT2D eigenvalue weighted by molar-refractivity contribution is 6.33. The lowest BCUT2D eigenvalue weighted by molar-refractivity contribution is 0.706. The minimum atomic E-state index is 0.435. The summed E-state index contributed by atoms with van der Waals surface area (Å²) in [5, 5.41) is 0.435. The van der Waals surface area contributed by atoms with E-state index in [1.807, 2.05) is 0 Å². The second kappa shape index (κ2) is 3.31.